The van der Waals surface area contributed by atoms with E-state index in [0.717, 1.165) is 51.5 Å². The summed E-state index contributed by atoms with van der Waals surface area (Å²) in [5.41, 5.74) is 3.81. The molecule has 0 unspecified atom stereocenters. The van der Waals surface area contributed by atoms with Crippen LogP contribution >= 0.6 is 0 Å². The average molecular weight is 220 g/mol. The second kappa shape index (κ2) is 5.32. The molecule has 0 saturated carbocycles. The molecule has 1 saturated heterocycles. The van der Waals surface area contributed by atoms with E-state index in [0.29, 0.717) is 0 Å². The second-order valence-corrected chi connectivity index (χ2v) is 4.18. The van der Waals surface area contributed by atoms with Crippen LogP contribution in [0.1, 0.15) is 6.42 Å². The van der Waals surface area contributed by atoms with Crippen LogP contribution in [0.5, 0.6) is 0 Å². The van der Waals surface area contributed by atoms with Crippen molar-refractivity contribution in [3.8, 4) is 0 Å². The first-order valence-electron chi connectivity index (χ1n) is 5.90. The molecule has 0 radical (unpaired) electrons. The normalized spacial score (nSPS) is 22.1. The maximum Gasteiger partial charge on any atom is 0.0642 e. The Hall–Kier alpha value is -1.06. The molecular weight excluding hydrogens is 200 g/mol. The van der Waals surface area contributed by atoms with Gasteiger partial charge in [-0.15, -0.1) is 0 Å². The molecule has 88 valence electrons. The molecule has 16 heavy (non-hydrogen) atoms. The molecule has 2 rings (SSSR count). The molecule has 0 aromatic rings. The first kappa shape index (κ1) is 11.4. The Bertz CT molecular complexity index is 314. The number of nitrogens with one attached hydrogen (secondary N) is 1. The molecular formula is C13H20N2O. The van der Waals surface area contributed by atoms with E-state index in [1.165, 1.54) is 11.1 Å². The summed E-state index contributed by atoms with van der Waals surface area (Å²) in [4.78, 5) is 2.31. The van der Waals surface area contributed by atoms with Crippen molar-refractivity contribution >= 4 is 0 Å². The van der Waals surface area contributed by atoms with Gasteiger partial charge in [-0.1, -0.05) is 19.2 Å². The molecule has 0 spiro atoms. The molecule has 1 N–H and O–H groups in total. The molecule has 2 heterocycles. The lowest BCUT2D eigenvalue weighted by Gasteiger charge is -2.33. The highest BCUT2D eigenvalue weighted by molar-refractivity contribution is 5.40. The van der Waals surface area contributed by atoms with Crippen LogP contribution in [-0.2, 0) is 4.74 Å². The van der Waals surface area contributed by atoms with E-state index < -0.39 is 0 Å². The molecule has 3 heteroatoms. The third-order valence-electron chi connectivity index (χ3n) is 3.25. The van der Waals surface area contributed by atoms with Gasteiger partial charge in [-0.3, -0.25) is 0 Å². The molecule has 0 atom stereocenters. The van der Waals surface area contributed by atoms with Gasteiger partial charge in [0.05, 0.1) is 13.2 Å². The van der Waals surface area contributed by atoms with Gasteiger partial charge in [0.2, 0.25) is 0 Å². The first-order chi connectivity index (χ1) is 7.83. The van der Waals surface area contributed by atoms with Gasteiger partial charge in [0.15, 0.2) is 0 Å². The average Bonchev–Trinajstić information content (AvgIpc) is 2.39. The van der Waals surface area contributed by atoms with Crippen LogP contribution in [0, 0.1) is 0 Å². The third-order valence-corrected chi connectivity index (χ3v) is 3.25. The van der Waals surface area contributed by atoms with Gasteiger partial charge in [-0.05, 0) is 24.1 Å². The van der Waals surface area contributed by atoms with Gasteiger partial charge >= 0.3 is 0 Å². The number of ether oxygens (including phenoxy) is 1. The minimum absolute atomic E-state index is 0.809. The monoisotopic (exact) mass is 220 g/mol. The van der Waals surface area contributed by atoms with Crippen LogP contribution in [0.2, 0.25) is 0 Å². The highest BCUT2D eigenvalue weighted by Gasteiger charge is 2.19. The number of hydrogen-bond donors (Lipinski definition) is 1. The van der Waals surface area contributed by atoms with Crippen molar-refractivity contribution in [3.63, 3.8) is 0 Å². The molecule has 3 nitrogen and oxygen atoms in total. The van der Waals surface area contributed by atoms with Gasteiger partial charge in [0.1, 0.15) is 0 Å². The molecule has 0 aromatic heterocycles. The Labute approximate surface area is 97.5 Å². The zero-order valence-corrected chi connectivity index (χ0v) is 9.80. The van der Waals surface area contributed by atoms with Crippen LogP contribution in [0.25, 0.3) is 0 Å². The zero-order valence-electron chi connectivity index (χ0n) is 9.80. The van der Waals surface area contributed by atoms with Gasteiger partial charge in [0, 0.05) is 25.3 Å². The predicted molar refractivity (Wildman–Crippen MR) is 66.2 cm³/mol. The molecule has 0 aromatic carbocycles. The number of rotatable bonds is 3. The summed E-state index contributed by atoms with van der Waals surface area (Å²) in [6.45, 7) is 13.6. The summed E-state index contributed by atoms with van der Waals surface area (Å²) in [5, 5.41) is 3.39. The van der Waals surface area contributed by atoms with Gasteiger partial charge in [-0.25, -0.2) is 0 Å². The summed E-state index contributed by atoms with van der Waals surface area (Å²) in [6, 6.07) is 0. The Balaban J connectivity index is 2.12. The lowest BCUT2D eigenvalue weighted by atomic mass is 9.98. The maximum atomic E-state index is 5.36. The lowest BCUT2D eigenvalue weighted by molar-refractivity contribution is 0.0547. The summed E-state index contributed by atoms with van der Waals surface area (Å²) in [5.74, 6) is 0. The van der Waals surface area contributed by atoms with Crippen molar-refractivity contribution in [3.05, 3.63) is 36.1 Å². The van der Waals surface area contributed by atoms with Gasteiger partial charge < -0.3 is 15.0 Å². The largest absolute Gasteiger partial charge is 0.378 e. The molecule has 2 aliphatic heterocycles. The second-order valence-electron chi connectivity index (χ2n) is 4.18. The summed E-state index contributed by atoms with van der Waals surface area (Å²) >= 11 is 0. The van der Waals surface area contributed by atoms with E-state index in [4.69, 9.17) is 4.74 Å². The van der Waals surface area contributed by atoms with Crippen LogP contribution in [0.3, 0.4) is 0 Å². The number of hydrogen-bond acceptors (Lipinski definition) is 3. The fourth-order valence-corrected chi connectivity index (χ4v) is 2.24. The SMILES string of the molecule is C=CC1=C(C(=C)N2CCOCC2)CNCC1. The number of allylic oxidation sites excluding steroid dienone is 1. The Morgan fingerprint density at radius 2 is 2.12 bits per heavy atom. The van der Waals surface area contributed by atoms with Gasteiger partial charge in [0.25, 0.3) is 0 Å². The van der Waals surface area contributed by atoms with Crippen LogP contribution in [-0.4, -0.2) is 44.3 Å². The Morgan fingerprint density at radius 1 is 1.38 bits per heavy atom. The molecule has 0 aliphatic carbocycles. The fraction of sp³-hybridized carbons (Fsp3) is 0.538. The molecule has 2 aliphatic rings. The predicted octanol–water partition coefficient (Wildman–Crippen LogP) is 1.31. The highest BCUT2D eigenvalue weighted by atomic mass is 16.5. The lowest BCUT2D eigenvalue weighted by Crippen LogP contribution is -2.38. The molecule has 1 fully saturated rings. The minimum atomic E-state index is 0.809. The van der Waals surface area contributed by atoms with Crippen molar-refractivity contribution in [2.75, 3.05) is 39.4 Å². The Kier molecular flexibility index (Phi) is 3.80. The van der Waals surface area contributed by atoms with Crippen LogP contribution in [0.15, 0.2) is 36.1 Å². The van der Waals surface area contributed by atoms with Crippen molar-refractivity contribution in [1.82, 2.24) is 10.2 Å². The number of morpholine rings is 1. The van der Waals surface area contributed by atoms with Crippen molar-refractivity contribution in [2.24, 2.45) is 0 Å². The van der Waals surface area contributed by atoms with Crippen LogP contribution in [0.4, 0.5) is 0 Å². The number of nitrogens with zero attached hydrogens (tertiary/aromatic N) is 1. The van der Waals surface area contributed by atoms with Gasteiger partial charge in [-0.2, -0.15) is 0 Å². The third kappa shape index (κ3) is 2.36. The smallest absolute Gasteiger partial charge is 0.0642 e. The molecule has 0 amide bonds. The molecule has 0 bridgehead atoms. The standard InChI is InChI=1S/C13H20N2O/c1-3-12-4-5-14-10-13(12)11(2)15-6-8-16-9-7-15/h3,14H,1-2,4-10H2. The van der Waals surface area contributed by atoms with E-state index in [9.17, 15) is 0 Å². The van der Waals surface area contributed by atoms with E-state index in [2.05, 4.69) is 23.4 Å². The first-order valence-corrected chi connectivity index (χ1v) is 5.90. The fourth-order valence-electron chi connectivity index (χ4n) is 2.24. The van der Waals surface area contributed by atoms with Crippen LogP contribution < -0.4 is 5.32 Å². The quantitative estimate of drug-likeness (QED) is 0.776. The summed E-state index contributed by atoms with van der Waals surface area (Å²) in [7, 11) is 0. The highest BCUT2D eigenvalue weighted by Crippen LogP contribution is 2.22. The Morgan fingerprint density at radius 3 is 2.81 bits per heavy atom. The van der Waals surface area contributed by atoms with E-state index >= 15 is 0 Å². The van der Waals surface area contributed by atoms with Crippen molar-refractivity contribution < 1.29 is 4.74 Å². The van der Waals surface area contributed by atoms with E-state index in [1.54, 1.807) is 0 Å². The summed E-state index contributed by atoms with van der Waals surface area (Å²) in [6.07, 6.45) is 3.03. The maximum absolute atomic E-state index is 5.36. The van der Waals surface area contributed by atoms with E-state index in [-0.39, 0.29) is 0 Å². The van der Waals surface area contributed by atoms with E-state index in [1.807, 2.05) is 6.08 Å². The van der Waals surface area contributed by atoms with Crippen molar-refractivity contribution in [1.29, 1.82) is 0 Å². The summed E-state index contributed by atoms with van der Waals surface area (Å²) < 4.78 is 5.36. The zero-order chi connectivity index (χ0) is 11.4. The van der Waals surface area contributed by atoms with Crippen molar-refractivity contribution in [2.45, 2.75) is 6.42 Å². The minimum Gasteiger partial charge on any atom is -0.378 e. The topological polar surface area (TPSA) is 24.5 Å².